The van der Waals surface area contributed by atoms with E-state index in [1.165, 1.54) is 23.5 Å². The second-order valence-electron chi connectivity index (χ2n) is 4.09. The fourth-order valence-corrected chi connectivity index (χ4v) is 2.29. The summed E-state index contributed by atoms with van der Waals surface area (Å²) in [4.78, 5) is 16.0. The largest absolute Gasteiger partial charge is 0.384 e. The highest BCUT2D eigenvalue weighted by molar-refractivity contribution is 7.09. The molecule has 0 aliphatic carbocycles. The molecule has 2 N–H and O–H groups in total. The van der Waals surface area contributed by atoms with Gasteiger partial charge in [-0.05, 0) is 18.2 Å². The molecule has 1 heterocycles. The van der Waals surface area contributed by atoms with E-state index >= 15 is 0 Å². The van der Waals surface area contributed by atoms with Crippen molar-refractivity contribution < 1.29 is 14.3 Å². The van der Waals surface area contributed by atoms with Gasteiger partial charge in [-0.2, -0.15) is 0 Å². The summed E-state index contributed by atoms with van der Waals surface area (Å²) < 4.78 is 13.8. The molecule has 1 aromatic heterocycles. The highest BCUT2D eigenvalue weighted by Crippen LogP contribution is 2.10. The van der Waals surface area contributed by atoms with E-state index in [-0.39, 0.29) is 12.2 Å². The van der Waals surface area contributed by atoms with Gasteiger partial charge in [-0.3, -0.25) is 4.79 Å². The first kappa shape index (κ1) is 15.2. The SMILES string of the molecule is O=C(NCCc1nccs1)c1ccc(C#CCO)cc1F. The Morgan fingerprint density at radius 1 is 1.48 bits per heavy atom. The van der Waals surface area contributed by atoms with Crippen LogP contribution in [0, 0.1) is 17.7 Å². The fraction of sp³-hybridized carbons (Fsp3) is 0.200. The quantitative estimate of drug-likeness (QED) is 0.843. The maximum Gasteiger partial charge on any atom is 0.254 e. The first-order valence-electron chi connectivity index (χ1n) is 6.26. The van der Waals surface area contributed by atoms with Crippen LogP contribution in [-0.2, 0) is 6.42 Å². The molecule has 0 atom stereocenters. The first-order valence-corrected chi connectivity index (χ1v) is 7.14. The number of hydrogen-bond acceptors (Lipinski definition) is 4. The van der Waals surface area contributed by atoms with Crippen molar-refractivity contribution in [3.63, 3.8) is 0 Å². The summed E-state index contributed by atoms with van der Waals surface area (Å²) >= 11 is 1.51. The second-order valence-corrected chi connectivity index (χ2v) is 5.07. The molecular weight excluding hydrogens is 291 g/mol. The van der Waals surface area contributed by atoms with Gasteiger partial charge in [0.15, 0.2) is 0 Å². The molecule has 108 valence electrons. The molecule has 4 nitrogen and oxygen atoms in total. The molecular formula is C15H13FN2O2S. The molecule has 2 rings (SSSR count). The van der Waals surface area contributed by atoms with Crippen molar-refractivity contribution in [3.05, 3.63) is 51.7 Å². The van der Waals surface area contributed by atoms with Crippen LogP contribution < -0.4 is 5.32 Å². The average Bonchev–Trinajstić information content (AvgIpc) is 2.98. The van der Waals surface area contributed by atoms with E-state index in [1.54, 1.807) is 12.3 Å². The van der Waals surface area contributed by atoms with Crippen LogP contribution >= 0.6 is 11.3 Å². The van der Waals surface area contributed by atoms with Gasteiger partial charge in [0.1, 0.15) is 12.4 Å². The molecule has 0 unspecified atom stereocenters. The van der Waals surface area contributed by atoms with Crippen molar-refractivity contribution >= 4 is 17.2 Å². The van der Waals surface area contributed by atoms with Crippen molar-refractivity contribution in [2.24, 2.45) is 0 Å². The van der Waals surface area contributed by atoms with Gasteiger partial charge in [0.2, 0.25) is 0 Å². The zero-order valence-electron chi connectivity index (χ0n) is 11.1. The standard InChI is InChI=1S/C15H13FN2O2S/c16-13-10-11(2-1-8-19)3-4-12(13)15(20)18-6-5-14-17-7-9-21-14/h3-4,7,9-10,19H,5-6,8H2,(H,18,20). The van der Waals surface area contributed by atoms with Crippen LogP contribution in [0.2, 0.25) is 0 Å². The van der Waals surface area contributed by atoms with Gasteiger partial charge >= 0.3 is 0 Å². The Kier molecular flexibility index (Phi) is 5.43. The zero-order chi connectivity index (χ0) is 15.1. The normalized spacial score (nSPS) is 9.81. The Morgan fingerprint density at radius 3 is 3.00 bits per heavy atom. The fourth-order valence-electron chi connectivity index (χ4n) is 1.67. The van der Waals surface area contributed by atoms with Crippen LogP contribution in [0.3, 0.4) is 0 Å². The molecule has 0 saturated carbocycles. The van der Waals surface area contributed by atoms with E-state index < -0.39 is 11.7 Å². The third-order valence-corrected chi connectivity index (χ3v) is 3.47. The molecule has 0 aliphatic heterocycles. The van der Waals surface area contributed by atoms with E-state index in [4.69, 9.17) is 5.11 Å². The van der Waals surface area contributed by atoms with Gasteiger partial charge in [-0.15, -0.1) is 11.3 Å². The van der Waals surface area contributed by atoms with Crippen LogP contribution in [0.4, 0.5) is 4.39 Å². The topological polar surface area (TPSA) is 62.2 Å². The Hall–Kier alpha value is -2.23. The summed E-state index contributed by atoms with van der Waals surface area (Å²) in [7, 11) is 0. The Balaban J connectivity index is 1.95. The minimum atomic E-state index is -0.633. The minimum absolute atomic E-state index is 0.0244. The molecule has 6 heteroatoms. The number of hydrogen-bond donors (Lipinski definition) is 2. The maximum atomic E-state index is 13.8. The number of carbonyl (C=O) groups is 1. The number of carbonyl (C=O) groups excluding carboxylic acids is 1. The lowest BCUT2D eigenvalue weighted by Crippen LogP contribution is -2.26. The van der Waals surface area contributed by atoms with Gasteiger partial charge in [0.25, 0.3) is 5.91 Å². The van der Waals surface area contributed by atoms with Crippen molar-refractivity contribution in [2.45, 2.75) is 6.42 Å². The molecule has 2 aromatic rings. The minimum Gasteiger partial charge on any atom is -0.384 e. The Labute approximate surface area is 125 Å². The van der Waals surface area contributed by atoms with Crippen LogP contribution in [0.1, 0.15) is 20.9 Å². The molecule has 0 aliphatic rings. The number of rotatable bonds is 4. The van der Waals surface area contributed by atoms with Crippen molar-refractivity contribution in [3.8, 4) is 11.8 Å². The second kappa shape index (κ2) is 7.53. The van der Waals surface area contributed by atoms with Crippen molar-refractivity contribution in [1.29, 1.82) is 0 Å². The summed E-state index contributed by atoms with van der Waals surface area (Å²) in [6.07, 6.45) is 2.32. The lowest BCUT2D eigenvalue weighted by Gasteiger charge is -2.05. The molecule has 0 fully saturated rings. The number of benzene rings is 1. The molecule has 0 radical (unpaired) electrons. The van der Waals surface area contributed by atoms with Gasteiger partial charge in [0, 0.05) is 30.1 Å². The lowest BCUT2D eigenvalue weighted by molar-refractivity contribution is 0.0950. The Bertz CT molecular complexity index is 675. The lowest BCUT2D eigenvalue weighted by atomic mass is 10.1. The summed E-state index contributed by atoms with van der Waals surface area (Å²) in [5, 5.41) is 14.0. The molecule has 1 amide bonds. The number of amides is 1. The van der Waals surface area contributed by atoms with Gasteiger partial charge < -0.3 is 10.4 Å². The number of nitrogens with one attached hydrogen (secondary N) is 1. The monoisotopic (exact) mass is 304 g/mol. The summed E-state index contributed by atoms with van der Waals surface area (Å²) in [5.74, 6) is 3.91. The third kappa shape index (κ3) is 4.38. The maximum absolute atomic E-state index is 13.8. The van der Waals surface area contributed by atoms with Gasteiger partial charge in [-0.1, -0.05) is 11.8 Å². The van der Waals surface area contributed by atoms with E-state index in [1.807, 2.05) is 5.38 Å². The number of thiazole rings is 1. The number of nitrogens with zero attached hydrogens (tertiary/aromatic N) is 1. The van der Waals surface area contributed by atoms with E-state index in [2.05, 4.69) is 22.1 Å². The third-order valence-electron chi connectivity index (χ3n) is 2.63. The van der Waals surface area contributed by atoms with E-state index in [0.717, 1.165) is 5.01 Å². The van der Waals surface area contributed by atoms with Crippen LogP contribution in [0.5, 0.6) is 0 Å². The molecule has 0 saturated heterocycles. The van der Waals surface area contributed by atoms with Gasteiger partial charge in [0.05, 0.1) is 10.6 Å². The van der Waals surface area contributed by atoms with E-state index in [0.29, 0.717) is 18.5 Å². The average molecular weight is 304 g/mol. The number of aromatic nitrogens is 1. The first-order chi connectivity index (χ1) is 10.2. The van der Waals surface area contributed by atoms with Crippen LogP contribution in [0.15, 0.2) is 29.8 Å². The smallest absolute Gasteiger partial charge is 0.254 e. The Morgan fingerprint density at radius 2 is 2.33 bits per heavy atom. The molecule has 1 aromatic carbocycles. The van der Waals surface area contributed by atoms with Crippen molar-refractivity contribution in [2.75, 3.05) is 13.2 Å². The van der Waals surface area contributed by atoms with Crippen LogP contribution in [0.25, 0.3) is 0 Å². The predicted molar refractivity (Wildman–Crippen MR) is 78.5 cm³/mol. The highest BCUT2D eigenvalue weighted by Gasteiger charge is 2.11. The molecule has 0 bridgehead atoms. The molecule has 0 spiro atoms. The zero-order valence-corrected chi connectivity index (χ0v) is 11.9. The summed E-state index contributed by atoms with van der Waals surface area (Å²) in [6.45, 7) is 0.110. The van der Waals surface area contributed by atoms with Crippen molar-refractivity contribution in [1.82, 2.24) is 10.3 Å². The number of aliphatic hydroxyl groups is 1. The summed E-state index contributed by atoms with van der Waals surface area (Å²) in [6, 6.07) is 4.11. The van der Waals surface area contributed by atoms with Gasteiger partial charge in [-0.25, -0.2) is 9.37 Å². The number of halogens is 1. The predicted octanol–water partition coefficient (Wildman–Crippen LogP) is 1.60. The highest BCUT2D eigenvalue weighted by atomic mass is 32.1. The summed E-state index contributed by atoms with van der Waals surface area (Å²) in [5.41, 5.74) is 0.393. The van der Waals surface area contributed by atoms with Crippen LogP contribution in [-0.4, -0.2) is 29.1 Å². The molecule has 21 heavy (non-hydrogen) atoms. The van der Waals surface area contributed by atoms with E-state index in [9.17, 15) is 9.18 Å². The number of aliphatic hydroxyl groups excluding tert-OH is 1.